The Morgan fingerprint density at radius 2 is 2.25 bits per heavy atom. The van der Waals surface area contributed by atoms with Crippen molar-refractivity contribution in [1.82, 2.24) is 0 Å². The molecule has 0 radical (unpaired) electrons. The summed E-state index contributed by atoms with van der Waals surface area (Å²) in [7, 11) is 0. The van der Waals surface area contributed by atoms with Crippen molar-refractivity contribution < 1.29 is 14.7 Å². The van der Waals surface area contributed by atoms with Crippen LogP contribution >= 0.6 is 11.6 Å². The molecule has 0 saturated heterocycles. The van der Waals surface area contributed by atoms with E-state index in [1.165, 1.54) is 0 Å². The van der Waals surface area contributed by atoms with Crippen LogP contribution in [-0.2, 0) is 0 Å². The second kappa shape index (κ2) is 3.79. The molecule has 1 unspecified atom stereocenters. The summed E-state index contributed by atoms with van der Waals surface area (Å²) in [5.41, 5.74) is 0.688. The van der Waals surface area contributed by atoms with Crippen molar-refractivity contribution >= 4 is 29.2 Å². The van der Waals surface area contributed by atoms with Gasteiger partial charge in [-0.1, -0.05) is 17.7 Å². The van der Waals surface area contributed by atoms with Gasteiger partial charge in [0.2, 0.25) is 0 Å². The Morgan fingerprint density at radius 1 is 1.56 bits per heavy atom. The predicted octanol–water partition coefficient (Wildman–Crippen LogP) is 2.80. The Kier molecular flexibility index (Phi) is 2.59. The molecule has 16 heavy (non-hydrogen) atoms. The van der Waals surface area contributed by atoms with Gasteiger partial charge in [0, 0.05) is 18.0 Å². The largest absolute Gasteiger partial charge is 0.465 e. The number of hydrogen-bond acceptors (Lipinski definition) is 2. The highest BCUT2D eigenvalue weighted by molar-refractivity contribution is 6.35. The summed E-state index contributed by atoms with van der Waals surface area (Å²) < 4.78 is 0. The van der Waals surface area contributed by atoms with Crippen LogP contribution in [0.1, 0.15) is 23.7 Å². The molecule has 1 N–H and O–H groups in total. The van der Waals surface area contributed by atoms with E-state index in [2.05, 4.69) is 0 Å². The third kappa shape index (κ3) is 1.55. The van der Waals surface area contributed by atoms with Gasteiger partial charge in [0.1, 0.15) is 0 Å². The summed E-state index contributed by atoms with van der Waals surface area (Å²) >= 11 is 5.95. The second-order valence-corrected chi connectivity index (χ2v) is 4.17. The van der Waals surface area contributed by atoms with Gasteiger partial charge in [-0.25, -0.2) is 4.79 Å². The number of anilines is 1. The number of carbonyl (C=O) groups excluding carboxylic acids is 1. The van der Waals surface area contributed by atoms with Crippen molar-refractivity contribution in [3.8, 4) is 0 Å². The number of amides is 1. The van der Waals surface area contributed by atoms with Gasteiger partial charge in [0.15, 0.2) is 5.78 Å². The predicted molar refractivity (Wildman–Crippen MR) is 60.4 cm³/mol. The van der Waals surface area contributed by atoms with Crippen molar-refractivity contribution in [3.63, 3.8) is 0 Å². The maximum Gasteiger partial charge on any atom is 0.412 e. The average molecular weight is 240 g/mol. The molecule has 0 saturated carbocycles. The minimum absolute atomic E-state index is 0.0671. The number of carbonyl (C=O) groups is 2. The lowest BCUT2D eigenvalue weighted by Gasteiger charge is -2.32. The molecular formula is C11H10ClNO3. The number of para-hydroxylation sites is 1. The van der Waals surface area contributed by atoms with Crippen LogP contribution in [0, 0.1) is 0 Å². The van der Waals surface area contributed by atoms with E-state index in [-0.39, 0.29) is 18.2 Å². The molecule has 0 bridgehead atoms. The molecule has 2 rings (SSSR count). The summed E-state index contributed by atoms with van der Waals surface area (Å²) in [5.74, 6) is -0.0671. The van der Waals surface area contributed by atoms with Gasteiger partial charge in [0.05, 0.1) is 10.7 Å². The first-order chi connectivity index (χ1) is 7.52. The first-order valence-electron chi connectivity index (χ1n) is 4.86. The third-order valence-electron chi connectivity index (χ3n) is 2.66. The number of ketones is 1. The quantitative estimate of drug-likeness (QED) is 0.757. The number of fused-ring (bicyclic) bond motifs is 1. The molecule has 1 aromatic rings. The van der Waals surface area contributed by atoms with Gasteiger partial charge in [-0.15, -0.1) is 0 Å². The first kappa shape index (κ1) is 11.0. The van der Waals surface area contributed by atoms with Gasteiger partial charge >= 0.3 is 6.09 Å². The van der Waals surface area contributed by atoms with Crippen LogP contribution in [-0.4, -0.2) is 23.0 Å². The van der Waals surface area contributed by atoms with Crippen molar-refractivity contribution in [3.05, 3.63) is 28.8 Å². The Hall–Kier alpha value is -1.55. The average Bonchev–Trinajstić information content (AvgIpc) is 2.19. The molecule has 0 spiro atoms. The Bertz CT molecular complexity index is 472. The van der Waals surface area contributed by atoms with Crippen LogP contribution in [0.3, 0.4) is 0 Å². The number of hydrogen-bond donors (Lipinski definition) is 1. The van der Waals surface area contributed by atoms with E-state index in [4.69, 9.17) is 16.7 Å². The molecule has 1 aromatic carbocycles. The molecule has 0 fully saturated rings. The van der Waals surface area contributed by atoms with E-state index in [9.17, 15) is 9.59 Å². The third-order valence-corrected chi connectivity index (χ3v) is 2.96. The molecule has 1 amide bonds. The van der Waals surface area contributed by atoms with E-state index in [0.29, 0.717) is 16.3 Å². The normalized spacial score (nSPS) is 19.5. The fourth-order valence-corrected chi connectivity index (χ4v) is 2.22. The molecule has 0 aromatic heterocycles. The number of carboxylic acid groups (broad SMARTS) is 1. The van der Waals surface area contributed by atoms with E-state index in [1.54, 1.807) is 25.1 Å². The van der Waals surface area contributed by atoms with Gasteiger partial charge in [-0.05, 0) is 19.1 Å². The second-order valence-electron chi connectivity index (χ2n) is 3.76. The molecular weight excluding hydrogens is 230 g/mol. The van der Waals surface area contributed by atoms with Gasteiger partial charge < -0.3 is 5.11 Å². The monoisotopic (exact) mass is 239 g/mol. The highest BCUT2D eigenvalue weighted by Crippen LogP contribution is 2.36. The first-order valence-corrected chi connectivity index (χ1v) is 5.24. The van der Waals surface area contributed by atoms with Crippen LogP contribution in [0.5, 0.6) is 0 Å². The van der Waals surface area contributed by atoms with Gasteiger partial charge in [0.25, 0.3) is 0 Å². The highest BCUT2D eigenvalue weighted by atomic mass is 35.5. The molecule has 1 atom stereocenters. The zero-order valence-corrected chi connectivity index (χ0v) is 9.36. The molecule has 4 nitrogen and oxygen atoms in total. The molecule has 0 aliphatic carbocycles. The van der Waals surface area contributed by atoms with Crippen LogP contribution in [0.4, 0.5) is 10.5 Å². The lowest BCUT2D eigenvalue weighted by atomic mass is 9.96. The number of Topliss-reactive ketones (excluding diaryl/α,β-unsaturated/α-hetero) is 1. The lowest BCUT2D eigenvalue weighted by molar-refractivity contribution is 0.0968. The fourth-order valence-electron chi connectivity index (χ4n) is 1.96. The minimum Gasteiger partial charge on any atom is -0.465 e. The summed E-state index contributed by atoms with van der Waals surface area (Å²) in [5, 5.41) is 9.41. The van der Waals surface area contributed by atoms with Gasteiger partial charge in [-0.3, -0.25) is 9.69 Å². The topological polar surface area (TPSA) is 57.6 Å². The van der Waals surface area contributed by atoms with Gasteiger partial charge in [-0.2, -0.15) is 0 Å². The van der Waals surface area contributed by atoms with Crippen LogP contribution in [0.25, 0.3) is 0 Å². The lowest BCUT2D eigenvalue weighted by Crippen LogP contribution is -2.43. The molecule has 5 heteroatoms. The van der Waals surface area contributed by atoms with Crippen LogP contribution in [0.15, 0.2) is 18.2 Å². The van der Waals surface area contributed by atoms with E-state index in [1.807, 2.05) is 0 Å². The van der Waals surface area contributed by atoms with Crippen LogP contribution in [0.2, 0.25) is 5.02 Å². The maximum absolute atomic E-state index is 11.7. The zero-order valence-electron chi connectivity index (χ0n) is 8.61. The molecule has 1 aliphatic rings. The molecule has 84 valence electrons. The summed E-state index contributed by atoms with van der Waals surface area (Å²) in [6, 6.07) is 4.46. The Morgan fingerprint density at radius 3 is 2.88 bits per heavy atom. The highest BCUT2D eigenvalue weighted by Gasteiger charge is 2.34. The number of halogens is 1. The van der Waals surface area contributed by atoms with E-state index < -0.39 is 6.09 Å². The SMILES string of the molecule is CC1CC(=O)c2cccc(Cl)c2N1C(=O)O. The van der Waals surface area contributed by atoms with Crippen molar-refractivity contribution in [2.75, 3.05) is 4.90 Å². The Labute approximate surface area is 97.4 Å². The Balaban J connectivity index is 2.65. The standard InChI is InChI=1S/C11H10ClNO3/c1-6-5-9(14)7-3-2-4-8(12)10(7)13(6)11(15)16/h2-4,6H,5H2,1H3,(H,15,16). The fraction of sp³-hybridized carbons (Fsp3) is 0.273. The van der Waals surface area contributed by atoms with Crippen molar-refractivity contribution in [2.45, 2.75) is 19.4 Å². The van der Waals surface area contributed by atoms with Crippen molar-refractivity contribution in [2.24, 2.45) is 0 Å². The summed E-state index contributed by atoms with van der Waals surface area (Å²) in [4.78, 5) is 24.0. The number of benzene rings is 1. The number of nitrogens with zero attached hydrogens (tertiary/aromatic N) is 1. The van der Waals surface area contributed by atoms with Crippen molar-refractivity contribution in [1.29, 1.82) is 0 Å². The molecule has 1 aliphatic heterocycles. The zero-order chi connectivity index (χ0) is 11.9. The summed E-state index contributed by atoms with van der Waals surface area (Å²) in [6.07, 6.45) is -0.894. The van der Waals surface area contributed by atoms with Crippen LogP contribution < -0.4 is 4.90 Å². The maximum atomic E-state index is 11.7. The summed E-state index contributed by atoms with van der Waals surface area (Å²) in [6.45, 7) is 1.69. The molecule has 1 heterocycles. The van der Waals surface area contributed by atoms with E-state index in [0.717, 1.165) is 4.90 Å². The number of rotatable bonds is 0. The smallest absolute Gasteiger partial charge is 0.412 e. The minimum atomic E-state index is -1.09. The van der Waals surface area contributed by atoms with E-state index >= 15 is 0 Å².